The maximum absolute atomic E-state index is 10.3. The number of nitro groups is 1. The zero-order valence-corrected chi connectivity index (χ0v) is 7.68. The van der Waals surface area contributed by atoms with Gasteiger partial charge in [0.2, 0.25) is 0 Å². The summed E-state index contributed by atoms with van der Waals surface area (Å²) in [5.41, 5.74) is 11.0. The molecule has 0 saturated carbocycles. The van der Waals surface area contributed by atoms with Gasteiger partial charge in [-0.25, -0.2) is 0 Å². The lowest BCUT2D eigenvalue weighted by Gasteiger charge is -2.05. The van der Waals surface area contributed by atoms with Crippen LogP contribution >= 0.6 is 0 Å². The summed E-state index contributed by atoms with van der Waals surface area (Å²) in [6, 6.07) is 2.52. The van der Waals surface area contributed by atoms with Gasteiger partial charge in [0.1, 0.15) is 10.7 Å². The van der Waals surface area contributed by atoms with Crippen LogP contribution in [0.4, 0.5) is 5.88 Å². The van der Waals surface area contributed by atoms with Gasteiger partial charge in [0, 0.05) is 0 Å². The molecule has 78 valence electrons. The third kappa shape index (κ3) is 2.54. The Kier molecular flexibility index (Phi) is 3.61. The molecule has 0 fully saturated rings. The third-order valence-electron chi connectivity index (χ3n) is 1.88. The first kappa shape index (κ1) is 10.7. The van der Waals surface area contributed by atoms with E-state index in [1.54, 1.807) is 0 Å². The Morgan fingerprint density at radius 2 is 2.29 bits per heavy atom. The number of nitrogens with zero attached hydrogens (tertiary/aromatic N) is 1. The van der Waals surface area contributed by atoms with Gasteiger partial charge in [-0.2, -0.15) is 0 Å². The van der Waals surface area contributed by atoms with Gasteiger partial charge < -0.3 is 15.9 Å². The normalized spacial score (nSPS) is 12.7. The third-order valence-corrected chi connectivity index (χ3v) is 1.88. The number of hydrogen-bond acceptors (Lipinski definition) is 5. The molecule has 4 N–H and O–H groups in total. The molecule has 6 nitrogen and oxygen atoms in total. The summed E-state index contributed by atoms with van der Waals surface area (Å²) < 4.78 is 4.94. The fourth-order valence-electron chi connectivity index (χ4n) is 1.12. The molecule has 1 aromatic heterocycles. The molecule has 0 saturated heterocycles. The summed E-state index contributed by atoms with van der Waals surface area (Å²) in [6.07, 6.45) is 1.44. The molecule has 0 bridgehead atoms. The Bertz CT molecular complexity index is 311. The lowest BCUT2D eigenvalue weighted by Crippen LogP contribution is -2.11. The summed E-state index contributed by atoms with van der Waals surface area (Å²) >= 11 is 0. The first-order valence-electron chi connectivity index (χ1n) is 4.35. The zero-order chi connectivity index (χ0) is 10.6. The highest BCUT2D eigenvalue weighted by Gasteiger charge is 2.16. The van der Waals surface area contributed by atoms with Crippen molar-refractivity contribution in [1.29, 1.82) is 0 Å². The number of rotatable bonds is 5. The van der Waals surface area contributed by atoms with E-state index in [1.807, 2.05) is 0 Å². The second-order valence-corrected chi connectivity index (χ2v) is 2.97. The van der Waals surface area contributed by atoms with Crippen LogP contribution in [0.5, 0.6) is 0 Å². The average molecular weight is 199 g/mol. The first-order chi connectivity index (χ1) is 6.65. The van der Waals surface area contributed by atoms with Crippen molar-refractivity contribution in [1.82, 2.24) is 0 Å². The highest BCUT2D eigenvalue weighted by molar-refractivity contribution is 5.19. The Morgan fingerprint density at radius 3 is 2.79 bits per heavy atom. The SMILES string of the molecule is NCCC[C@@H](N)c1ccc([N+](=O)[O-])o1. The van der Waals surface area contributed by atoms with Crippen molar-refractivity contribution in [2.24, 2.45) is 11.5 Å². The fourth-order valence-corrected chi connectivity index (χ4v) is 1.12. The van der Waals surface area contributed by atoms with Crippen molar-refractivity contribution < 1.29 is 9.34 Å². The smallest absolute Gasteiger partial charge is 0.404 e. The Morgan fingerprint density at radius 1 is 1.57 bits per heavy atom. The van der Waals surface area contributed by atoms with Crippen LogP contribution in [-0.4, -0.2) is 11.5 Å². The van der Waals surface area contributed by atoms with Crippen molar-refractivity contribution in [3.63, 3.8) is 0 Å². The van der Waals surface area contributed by atoms with Crippen molar-refractivity contribution in [2.45, 2.75) is 18.9 Å². The molecule has 0 radical (unpaired) electrons. The molecule has 0 aromatic carbocycles. The molecular weight excluding hydrogens is 186 g/mol. The van der Waals surface area contributed by atoms with E-state index in [1.165, 1.54) is 12.1 Å². The quantitative estimate of drug-likeness (QED) is 0.541. The predicted octanol–water partition coefficient (Wildman–Crippen LogP) is 0.927. The van der Waals surface area contributed by atoms with Gasteiger partial charge in [0.15, 0.2) is 0 Å². The van der Waals surface area contributed by atoms with Crippen LogP contribution in [0.2, 0.25) is 0 Å². The standard InChI is InChI=1S/C8H13N3O3/c9-5-1-2-6(10)7-3-4-8(14-7)11(12)13/h3-4,6H,1-2,5,9-10H2/t6-/m1/s1. The van der Waals surface area contributed by atoms with E-state index < -0.39 is 4.92 Å². The van der Waals surface area contributed by atoms with Crippen LogP contribution in [-0.2, 0) is 0 Å². The summed E-state index contributed by atoms with van der Waals surface area (Å²) in [4.78, 5) is 9.72. The molecule has 14 heavy (non-hydrogen) atoms. The van der Waals surface area contributed by atoms with Crippen molar-refractivity contribution >= 4 is 5.88 Å². The van der Waals surface area contributed by atoms with Crippen LogP contribution < -0.4 is 11.5 Å². The van der Waals surface area contributed by atoms with E-state index in [4.69, 9.17) is 15.9 Å². The lowest BCUT2D eigenvalue weighted by molar-refractivity contribution is -0.402. The van der Waals surface area contributed by atoms with Gasteiger partial charge in [-0.1, -0.05) is 0 Å². The Balaban J connectivity index is 2.61. The summed E-state index contributed by atoms with van der Waals surface area (Å²) in [6.45, 7) is 0.552. The molecule has 0 aliphatic carbocycles. The van der Waals surface area contributed by atoms with Gasteiger partial charge in [-0.05, 0) is 25.5 Å². The van der Waals surface area contributed by atoms with Gasteiger partial charge in [-0.15, -0.1) is 0 Å². The van der Waals surface area contributed by atoms with Gasteiger partial charge in [0.25, 0.3) is 0 Å². The highest BCUT2D eigenvalue weighted by atomic mass is 16.6. The Hall–Kier alpha value is -1.40. The van der Waals surface area contributed by atoms with E-state index in [2.05, 4.69) is 0 Å². The first-order valence-corrected chi connectivity index (χ1v) is 4.35. The number of nitrogens with two attached hydrogens (primary N) is 2. The molecule has 1 heterocycles. The van der Waals surface area contributed by atoms with Crippen molar-refractivity contribution in [3.8, 4) is 0 Å². The van der Waals surface area contributed by atoms with Gasteiger partial charge >= 0.3 is 5.88 Å². The van der Waals surface area contributed by atoms with Crippen LogP contribution in [0, 0.1) is 10.1 Å². The topological polar surface area (TPSA) is 108 Å². The molecular formula is C8H13N3O3. The van der Waals surface area contributed by atoms with E-state index >= 15 is 0 Å². The molecule has 0 aliphatic rings. The number of furan rings is 1. The summed E-state index contributed by atoms with van der Waals surface area (Å²) in [5, 5.41) is 10.3. The van der Waals surface area contributed by atoms with Crippen LogP contribution in [0.1, 0.15) is 24.6 Å². The molecule has 6 heteroatoms. The second kappa shape index (κ2) is 4.73. The maximum atomic E-state index is 10.3. The van der Waals surface area contributed by atoms with Crippen LogP contribution in [0.15, 0.2) is 16.5 Å². The minimum absolute atomic E-state index is 0.275. The highest BCUT2D eigenvalue weighted by Crippen LogP contribution is 2.22. The minimum atomic E-state index is -0.584. The van der Waals surface area contributed by atoms with E-state index in [9.17, 15) is 10.1 Å². The molecule has 0 aliphatic heterocycles. The predicted molar refractivity (Wildman–Crippen MR) is 50.6 cm³/mol. The summed E-state index contributed by atoms with van der Waals surface area (Å²) in [7, 11) is 0. The van der Waals surface area contributed by atoms with E-state index in [0.29, 0.717) is 18.7 Å². The van der Waals surface area contributed by atoms with Crippen LogP contribution in [0.3, 0.4) is 0 Å². The second-order valence-electron chi connectivity index (χ2n) is 2.97. The zero-order valence-electron chi connectivity index (χ0n) is 7.68. The molecule has 0 amide bonds. The van der Waals surface area contributed by atoms with Crippen LogP contribution in [0.25, 0.3) is 0 Å². The Labute approximate surface area is 81.0 Å². The number of hydrogen-bond donors (Lipinski definition) is 2. The van der Waals surface area contributed by atoms with Gasteiger partial charge in [0.05, 0.1) is 12.1 Å². The van der Waals surface area contributed by atoms with Gasteiger partial charge in [-0.3, -0.25) is 10.1 Å². The largest absolute Gasteiger partial charge is 0.433 e. The maximum Gasteiger partial charge on any atom is 0.433 e. The minimum Gasteiger partial charge on any atom is -0.404 e. The molecule has 1 rings (SSSR count). The molecule has 1 atom stereocenters. The lowest BCUT2D eigenvalue weighted by atomic mass is 10.1. The molecule has 0 spiro atoms. The monoisotopic (exact) mass is 199 g/mol. The van der Waals surface area contributed by atoms with E-state index in [-0.39, 0.29) is 11.9 Å². The average Bonchev–Trinajstić information content (AvgIpc) is 2.62. The van der Waals surface area contributed by atoms with Crippen molar-refractivity contribution in [2.75, 3.05) is 6.54 Å². The molecule has 0 unspecified atom stereocenters. The summed E-state index contributed by atoms with van der Waals surface area (Å²) in [5.74, 6) is 0.161. The van der Waals surface area contributed by atoms with Crippen molar-refractivity contribution in [3.05, 3.63) is 28.0 Å². The fraction of sp³-hybridized carbons (Fsp3) is 0.500. The van der Waals surface area contributed by atoms with E-state index in [0.717, 1.165) is 6.42 Å². The molecule has 1 aromatic rings.